The molecule has 1 aromatic carbocycles. The smallest absolute Gasteiger partial charge is 0.314 e. The summed E-state index contributed by atoms with van der Waals surface area (Å²) in [4.78, 5) is 25.4. The predicted molar refractivity (Wildman–Crippen MR) is 73.1 cm³/mol. The summed E-state index contributed by atoms with van der Waals surface area (Å²) in [7, 11) is 0. The second-order valence-corrected chi connectivity index (χ2v) is 4.68. The van der Waals surface area contributed by atoms with Gasteiger partial charge in [0.05, 0.1) is 4.92 Å². The molecule has 0 unspecified atom stereocenters. The number of halogens is 1. The predicted octanol–water partition coefficient (Wildman–Crippen LogP) is 2.27. The molecule has 0 atom stereocenters. The van der Waals surface area contributed by atoms with E-state index in [0.29, 0.717) is 12.4 Å². The van der Waals surface area contributed by atoms with Crippen LogP contribution in [0.25, 0.3) is 0 Å². The third-order valence-electron chi connectivity index (χ3n) is 2.66. The molecule has 0 aliphatic carbocycles. The van der Waals surface area contributed by atoms with Crippen molar-refractivity contribution in [2.24, 2.45) is 0 Å². The quantitative estimate of drug-likeness (QED) is 0.493. The molecular weight excluding hydrogens is 314 g/mol. The number of benzene rings is 1. The van der Waals surface area contributed by atoms with E-state index in [1.54, 1.807) is 11.5 Å². The number of nitrogens with zero attached hydrogens (tertiary/aromatic N) is 3. The van der Waals surface area contributed by atoms with Crippen LogP contribution in [0.1, 0.15) is 11.4 Å². The van der Waals surface area contributed by atoms with Crippen molar-refractivity contribution in [3.63, 3.8) is 0 Å². The van der Waals surface area contributed by atoms with E-state index in [1.807, 2.05) is 30.3 Å². The lowest BCUT2D eigenvalue weighted by Gasteiger charge is -2.12. The molecule has 0 N–H and O–H groups in total. The first-order valence-electron chi connectivity index (χ1n) is 5.46. The normalized spacial score (nSPS) is 10.4. The lowest BCUT2D eigenvalue weighted by molar-refractivity contribution is -0.387. The Morgan fingerprint density at radius 2 is 2.00 bits per heavy atom. The molecule has 98 valence electrons. The third kappa shape index (κ3) is 2.70. The summed E-state index contributed by atoms with van der Waals surface area (Å²) in [6.07, 6.45) is 0. The molecule has 19 heavy (non-hydrogen) atoms. The summed E-state index contributed by atoms with van der Waals surface area (Å²) in [5.74, 6) is 0.423. The van der Waals surface area contributed by atoms with Crippen LogP contribution < -0.4 is 5.56 Å². The fourth-order valence-electron chi connectivity index (χ4n) is 1.72. The molecular formula is C12H10BrN3O3. The maximum absolute atomic E-state index is 11.5. The molecule has 2 rings (SSSR count). The molecule has 2 aromatic rings. The largest absolute Gasteiger partial charge is 0.366 e. The fraction of sp³-hybridized carbons (Fsp3) is 0.167. The summed E-state index contributed by atoms with van der Waals surface area (Å²) >= 11 is 3.12. The van der Waals surface area contributed by atoms with Crippen molar-refractivity contribution < 1.29 is 4.92 Å². The fourth-order valence-corrected chi connectivity index (χ4v) is 2.42. The maximum Gasteiger partial charge on any atom is 0.366 e. The monoisotopic (exact) mass is 323 g/mol. The standard InChI is InChI=1S/C12H10BrN3O3/c1-8-14-12(17)10(16(18)19)11(13)15(8)7-9-5-3-2-4-6-9/h2-6H,7H2,1H3. The molecule has 6 nitrogen and oxygen atoms in total. The number of nitro groups is 1. The summed E-state index contributed by atoms with van der Waals surface area (Å²) in [6, 6.07) is 9.44. The van der Waals surface area contributed by atoms with Crippen molar-refractivity contribution in [3.8, 4) is 0 Å². The molecule has 0 aliphatic rings. The molecule has 0 saturated carbocycles. The van der Waals surface area contributed by atoms with Crippen LogP contribution in [0.15, 0.2) is 39.7 Å². The SMILES string of the molecule is Cc1nc(=O)c([N+](=O)[O-])c(Br)n1Cc1ccccc1. The molecule has 7 heteroatoms. The number of aryl methyl sites for hydroxylation is 1. The third-order valence-corrected chi connectivity index (χ3v) is 3.46. The van der Waals surface area contributed by atoms with Crippen molar-refractivity contribution in [2.45, 2.75) is 13.5 Å². The first-order chi connectivity index (χ1) is 9.00. The van der Waals surface area contributed by atoms with Crippen molar-refractivity contribution in [1.82, 2.24) is 9.55 Å². The van der Waals surface area contributed by atoms with Crippen LogP contribution in [0, 0.1) is 17.0 Å². The van der Waals surface area contributed by atoms with Crippen molar-refractivity contribution in [2.75, 3.05) is 0 Å². The van der Waals surface area contributed by atoms with E-state index < -0.39 is 16.2 Å². The van der Waals surface area contributed by atoms with Gasteiger partial charge in [-0.25, -0.2) is 0 Å². The van der Waals surface area contributed by atoms with E-state index in [0.717, 1.165) is 5.56 Å². The molecule has 0 aliphatic heterocycles. The van der Waals surface area contributed by atoms with Gasteiger partial charge in [-0.15, -0.1) is 0 Å². The van der Waals surface area contributed by atoms with Gasteiger partial charge in [-0.3, -0.25) is 14.9 Å². The summed E-state index contributed by atoms with van der Waals surface area (Å²) in [5.41, 5.74) is -0.411. The summed E-state index contributed by atoms with van der Waals surface area (Å²) < 4.78 is 1.73. The van der Waals surface area contributed by atoms with Crippen molar-refractivity contribution in [1.29, 1.82) is 0 Å². The molecule has 0 radical (unpaired) electrons. The minimum Gasteiger partial charge on any atom is -0.314 e. The average Bonchev–Trinajstić information content (AvgIpc) is 2.35. The Morgan fingerprint density at radius 3 is 2.58 bits per heavy atom. The minimum atomic E-state index is -0.835. The van der Waals surface area contributed by atoms with E-state index in [-0.39, 0.29) is 4.60 Å². The van der Waals surface area contributed by atoms with Gasteiger partial charge in [0.15, 0.2) is 4.60 Å². The van der Waals surface area contributed by atoms with Crippen LogP contribution in [-0.4, -0.2) is 14.5 Å². The van der Waals surface area contributed by atoms with Gasteiger partial charge in [0.25, 0.3) is 0 Å². The highest BCUT2D eigenvalue weighted by molar-refractivity contribution is 9.10. The summed E-state index contributed by atoms with van der Waals surface area (Å²) in [5, 5.41) is 10.9. The molecule has 0 fully saturated rings. The molecule has 1 aromatic heterocycles. The lowest BCUT2D eigenvalue weighted by atomic mass is 10.2. The Labute approximate surface area is 117 Å². The van der Waals surface area contributed by atoms with Gasteiger partial charge in [-0.2, -0.15) is 4.98 Å². The lowest BCUT2D eigenvalue weighted by Crippen LogP contribution is -2.21. The van der Waals surface area contributed by atoms with Crippen LogP contribution in [-0.2, 0) is 6.54 Å². The highest BCUT2D eigenvalue weighted by Crippen LogP contribution is 2.22. The van der Waals surface area contributed by atoms with Crippen molar-refractivity contribution >= 4 is 21.6 Å². The average molecular weight is 324 g/mol. The van der Waals surface area contributed by atoms with Crippen LogP contribution in [0.3, 0.4) is 0 Å². The van der Waals surface area contributed by atoms with Gasteiger partial charge in [-0.1, -0.05) is 30.3 Å². The Kier molecular flexibility index (Phi) is 3.75. The number of aromatic nitrogens is 2. The topological polar surface area (TPSA) is 78.0 Å². The maximum atomic E-state index is 11.5. The van der Waals surface area contributed by atoms with E-state index in [2.05, 4.69) is 20.9 Å². The molecule has 0 spiro atoms. The second kappa shape index (κ2) is 5.31. The van der Waals surface area contributed by atoms with E-state index in [9.17, 15) is 14.9 Å². The van der Waals surface area contributed by atoms with Gasteiger partial charge >= 0.3 is 11.2 Å². The number of hydrogen-bond acceptors (Lipinski definition) is 4. The van der Waals surface area contributed by atoms with Crippen LogP contribution >= 0.6 is 15.9 Å². The molecule has 1 heterocycles. The van der Waals surface area contributed by atoms with E-state index in [4.69, 9.17) is 0 Å². The molecule has 0 amide bonds. The van der Waals surface area contributed by atoms with Gasteiger partial charge in [0.1, 0.15) is 5.82 Å². The number of hydrogen-bond donors (Lipinski definition) is 0. The Bertz CT molecular complexity index is 683. The Balaban J connectivity index is 2.55. The van der Waals surface area contributed by atoms with Gasteiger partial charge in [0.2, 0.25) is 0 Å². The van der Waals surface area contributed by atoms with Gasteiger partial charge in [0, 0.05) is 6.54 Å². The van der Waals surface area contributed by atoms with Crippen molar-refractivity contribution in [3.05, 3.63) is 66.8 Å². The van der Waals surface area contributed by atoms with Crippen LogP contribution in [0.4, 0.5) is 5.69 Å². The van der Waals surface area contributed by atoms with Gasteiger partial charge < -0.3 is 4.57 Å². The summed E-state index contributed by atoms with van der Waals surface area (Å²) in [6.45, 7) is 2.04. The highest BCUT2D eigenvalue weighted by Gasteiger charge is 2.23. The van der Waals surface area contributed by atoms with E-state index in [1.165, 1.54) is 0 Å². The second-order valence-electron chi connectivity index (χ2n) is 3.93. The molecule has 0 bridgehead atoms. The van der Waals surface area contributed by atoms with Crippen LogP contribution in [0.2, 0.25) is 0 Å². The zero-order chi connectivity index (χ0) is 14.0. The minimum absolute atomic E-state index is 0.138. The van der Waals surface area contributed by atoms with Crippen LogP contribution in [0.5, 0.6) is 0 Å². The van der Waals surface area contributed by atoms with Gasteiger partial charge in [-0.05, 0) is 28.4 Å². The number of rotatable bonds is 3. The zero-order valence-electron chi connectivity index (χ0n) is 10.0. The highest BCUT2D eigenvalue weighted by atomic mass is 79.9. The first-order valence-corrected chi connectivity index (χ1v) is 6.25. The Morgan fingerprint density at radius 1 is 1.37 bits per heavy atom. The molecule has 0 saturated heterocycles. The van der Waals surface area contributed by atoms with E-state index >= 15 is 0 Å². The Hall–Kier alpha value is -2.02. The zero-order valence-corrected chi connectivity index (χ0v) is 11.6. The first kappa shape index (κ1) is 13.4.